The van der Waals surface area contributed by atoms with Gasteiger partial charge in [0, 0.05) is 18.3 Å². The Hall–Kier alpha value is -2.95. The van der Waals surface area contributed by atoms with E-state index >= 15 is 0 Å². The predicted molar refractivity (Wildman–Crippen MR) is 100 cm³/mol. The van der Waals surface area contributed by atoms with Gasteiger partial charge in [-0.2, -0.15) is 10.1 Å². The standard InChI is InChI=1S/C20H21N5/c1-15-13-17-9-5-6-10-18(17)25(15)20-23-19(14-22-24-20)21-12-11-16-7-3-2-4-8-16/h2-10,14-15H,11-13H2,1H3,(H,21,23,24). The number of para-hydroxylation sites is 1. The molecule has 0 aliphatic carbocycles. The van der Waals surface area contributed by atoms with Crippen LogP contribution >= 0.6 is 0 Å². The molecule has 1 aromatic heterocycles. The number of rotatable bonds is 5. The molecule has 1 aliphatic rings. The number of nitrogens with one attached hydrogen (secondary N) is 1. The zero-order valence-electron chi connectivity index (χ0n) is 14.3. The van der Waals surface area contributed by atoms with Crippen molar-refractivity contribution in [1.29, 1.82) is 0 Å². The van der Waals surface area contributed by atoms with Crippen molar-refractivity contribution in [3.8, 4) is 0 Å². The van der Waals surface area contributed by atoms with Crippen LogP contribution in [0.1, 0.15) is 18.1 Å². The van der Waals surface area contributed by atoms with Gasteiger partial charge in [0.15, 0.2) is 5.82 Å². The molecule has 4 rings (SSSR count). The van der Waals surface area contributed by atoms with Crippen LogP contribution in [0.25, 0.3) is 0 Å². The van der Waals surface area contributed by atoms with Gasteiger partial charge in [-0.15, -0.1) is 5.10 Å². The van der Waals surface area contributed by atoms with E-state index in [2.05, 4.69) is 80.9 Å². The van der Waals surface area contributed by atoms with E-state index in [0.29, 0.717) is 12.0 Å². The number of hydrogen-bond donors (Lipinski definition) is 1. The number of anilines is 3. The average Bonchev–Trinajstić information content (AvgIpc) is 2.98. The van der Waals surface area contributed by atoms with Crippen LogP contribution in [-0.2, 0) is 12.8 Å². The van der Waals surface area contributed by atoms with Crippen molar-refractivity contribution < 1.29 is 0 Å². The summed E-state index contributed by atoms with van der Waals surface area (Å²) in [7, 11) is 0. The Bertz CT molecular complexity index is 849. The summed E-state index contributed by atoms with van der Waals surface area (Å²) in [5, 5.41) is 11.8. The van der Waals surface area contributed by atoms with Gasteiger partial charge < -0.3 is 10.2 Å². The summed E-state index contributed by atoms with van der Waals surface area (Å²) in [5.74, 6) is 1.42. The molecular formula is C20H21N5. The first-order valence-electron chi connectivity index (χ1n) is 8.66. The molecule has 25 heavy (non-hydrogen) atoms. The van der Waals surface area contributed by atoms with Crippen molar-refractivity contribution in [1.82, 2.24) is 15.2 Å². The van der Waals surface area contributed by atoms with Crippen LogP contribution in [0.2, 0.25) is 0 Å². The molecule has 1 aliphatic heterocycles. The maximum Gasteiger partial charge on any atom is 0.252 e. The van der Waals surface area contributed by atoms with Crippen LogP contribution in [0.15, 0.2) is 60.8 Å². The van der Waals surface area contributed by atoms with E-state index in [-0.39, 0.29) is 0 Å². The Balaban J connectivity index is 1.48. The highest BCUT2D eigenvalue weighted by Gasteiger charge is 2.28. The molecule has 5 heteroatoms. The number of fused-ring (bicyclic) bond motifs is 1. The van der Waals surface area contributed by atoms with Gasteiger partial charge >= 0.3 is 0 Å². The van der Waals surface area contributed by atoms with Crippen molar-refractivity contribution in [3.05, 3.63) is 71.9 Å². The molecule has 0 saturated carbocycles. The van der Waals surface area contributed by atoms with E-state index in [1.807, 2.05) is 6.07 Å². The fourth-order valence-electron chi connectivity index (χ4n) is 3.33. The van der Waals surface area contributed by atoms with Gasteiger partial charge in [0.25, 0.3) is 5.95 Å². The molecule has 2 heterocycles. The third-order valence-corrected chi connectivity index (χ3v) is 4.53. The Labute approximate surface area is 147 Å². The van der Waals surface area contributed by atoms with Gasteiger partial charge in [0.05, 0.1) is 6.20 Å². The van der Waals surface area contributed by atoms with Gasteiger partial charge in [-0.25, -0.2) is 0 Å². The number of aromatic nitrogens is 3. The van der Waals surface area contributed by atoms with Gasteiger partial charge in [-0.1, -0.05) is 48.5 Å². The Kier molecular flexibility index (Phi) is 4.29. The molecule has 5 nitrogen and oxygen atoms in total. The minimum absolute atomic E-state index is 0.332. The highest BCUT2D eigenvalue weighted by molar-refractivity contribution is 5.67. The average molecular weight is 331 g/mol. The fraction of sp³-hybridized carbons (Fsp3) is 0.250. The predicted octanol–water partition coefficient (Wildman–Crippen LogP) is 3.61. The lowest BCUT2D eigenvalue weighted by Crippen LogP contribution is -2.26. The molecule has 0 fully saturated rings. The minimum atomic E-state index is 0.332. The summed E-state index contributed by atoms with van der Waals surface area (Å²) in [6.45, 7) is 3.01. The normalized spacial score (nSPS) is 15.9. The van der Waals surface area contributed by atoms with E-state index in [1.165, 1.54) is 16.8 Å². The lowest BCUT2D eigenvalue weighted by atomic mass is 10.1. The summed E-state index contributed by atoms with van der Waals surface area (Å²) >= 11 is 0. The summed E-state index contributed by atoms with van der Waals surface area (Å²) in [6, 6.07) is 19.2. The maximum atomic E-state index is 4.68. The second kappa shape index (κ2) is 6.89. The van der Waals surface area contributed by atoms with Crippen LogP contribution < -0.4 is 10.2 Å². The first kappa shape index (κ1) is 15.6. The summed E-state index contributed by atoms with van der Waals surface area (Å²) in [5.41, 5.74) is 3.82. The SMILES string of the molecule is CC1Cc2ccccc2N1c1nncc(NCCc2ccccc2)n1. The monoisotopic (exact) mass is 331 g/mol. The van der Waals surface area contributed by atoms with Crippen molar-refractivity contribution in [2.24, 2.45) is 0 Å². The summed E-state index contributed by atoms with van der Waals surface area (Å²) in [4.78, 5) is 6.85. The molecule has 2 aromatic carbocycles. The lowest BCUT2D eigenvalue weighted by Gasteiger charge is -2.22. The van der Waals surface area contributed by atoms with E-state index in [1.54, 1.807) is 6.20 Å². The van der Waals surface area contributed by atoms with Gasteiger partial charge in [-0.05, 0) is 37.0 Å². The van der Waals surface area contributed by atoms with Crippen molar-refractivity contribution in [2.75, 3.05) is 16.8 Å². The fourth-order valence-corrected chi connectivity index (χ4v) is 3.33. The second-order valence-electron chi connectivity index (χ2n) is 6.36. The molecule has 1 unspecified atom stereocenters. The van der Waals surface area contributed by atoms with Crippen molar-refractivity contribution >= 4 is 17.5 Å². The minimum Gasteiger partial charge on any atom is -0.368 e. The molecule has 0 spiro atoms. The third kappa shape index (κ3) is 3.31. The number of nitrogens with zero attached hydrogens (tertiary/aromatic N) is 4. The Morgan fingerprint density at radius 1 is 1.08 bits per heavy atom. The Morgan fingerprint density at radius 2 is 1.88 bits per heavy atom. The molecule has 1 N–H and O–H groups in total. The van der Waals surface area contributed by atoms with E-state index in [9.17, 15) is 0 Å². The lowest BCUT2D eigenvalue weighted by molar-refractivity contribution is 0.729. The molecule has 1 atom stereocenters. The number of benzene rings is 2. The van der Waals surface area contributed by atoms with Gasteiger partial charge in [0.2, 0.25) is 0 Å². The topological polar surface area (TPSA) is 53.9 Å². The molecule has 0 bridgehead atoms. The van der Waals surface area contributed by atoms with E-state index < -0.39 is 0 Å². The molecular weight excluding hydrogens is 310 g/mol. The zero-order chi connectivity index (χ0) is 17.1. The summed E-state index contributed by atoms with van der Waals surface area (Å²) < 4.78 is 0. The van der Waals surface area contributed by atoms with Crippen LogP contribution in [0, 0.1) is 0 Å². The Morgan fingerprint density at radius 3 is 2.76 bits per heavy atom. The quantitative estimate of drug-likeness (QED) is 0.774. The van der Waals surface area contributed by atoms with Crippen molar-refractivity contribution in [2.45, 2.75) is 25.8 Å². The molecule has 0 saturated heterocycles. The smallest absolute Gasteiger partial charge is 0.252 e. The molecule has 0 amide bonds. The third-order valence-electron chi connectivity index (χ3n) is 4.53. The highest BCUT2D eigenvalue weighted by atomic mass is 15.4. The molecule has 0 radical (unpaired) electrons. The van der Waals surface area contributed by atoms with Crippen molar-refractivity contribution in [3.63, 3.8) is 0 Å². The van der Waals surface area contributed by atoms with Crippen LogP contribution in [0.5, 0.6) is 0 Å². The highest BCUT2D eigenvalue weighted by Crippen LogP contribution is 2.36. The first-order chi connectivity index (χ1) is 12.3. The summed E-state index contributed by atoms with van der Waals surface area (Å²) in [6.07, 6.45) is 3.63. The van der Waals surface area contributed by atoms with E-state index in [4.69, 9.17) is 0 Å². The molecule has 3 aromatic rings. The van der Waals surface area contributed by atoms with Crippen LogP contribution in [-0.4, -0.2) is 27.8 Å². The first-order valence-corrected chi connectivity index (χ1v) is 8.66. The van der Waals surface area contributed by atoms with Crippen LogP contribution in [0.3, 0.4) is 0 Å². The zero-order valence-corrected chi connectivity index (χ0v) is 14.3. The van der Waals surface area contributed by atoms with E-state index in [0.717, 1.165) is 25.2 Å². The number of hydrogen-bond acceptors (Lipinski definition) is 5. The van der Waals surface area contributed by atoms with Gasteiger partial charge in [0.1, 0.15) is 0 Å². The van der Waals surface area contributed by atoms with Gasteiger partial charge in [-0.3, -0.25) is 0 Å². The maximum absolute atomic E-state index is 4.68. The largest absolute Gasteiger partial charge is 0.368 e. The second-order valence-corrected chi connectivity index (χ2v) is 6.36. The molecule has 126 valence electrons. The van der Waals surface area contributed by atoms with Crippen LogP contribution in [0.4, 0.5) is 17.5 Å².